The Hall–Kier alpha value is -2.82. The SMILES string of the molecule is CC(NC(=O)c1cc(-c2ccco2)n(C)n1)c1ccccc1. The van der Waals surface area contributed by atoms with E-state index in [0.717, 1.165) is 11.3 Å². The Morgan fingerprint density at radius 2 is 2.00 bits per heavy atom. The van der Waals surface area contributed by atoms with Gasteiger partial charge in [-0.25, -0.2) is 0 Å². The normalized spacial score (nSPS) is 12.1. The number of aromatic nitrogens is 2. The fraction of sp³-hybridized carbons (Fsp3) is 0.176. The van der Waals surface area contributed by atoms with Gasteiger partial charge < -0.3 is 9.73 Å². The Balaban J connectivity index is 1.77. The summed E-state index contributed by atoms with van der Waals surface area (Å²) in [6, 6.07) is 15.1. The number of hydrogen-bond acceptors (Lipinski definition) is 3. The lowest BCUT2D eigenvalue weighted by Gasteiger charge is -2.13. The van der Waals surface area contributed by atoms with Crippen LogP contribution in [0.4, 0.5) is 0 Å². The fourth-order valence-corrected chi connectivity index (χ4v) is 2.33. The number of carbonyl (C=O) groups is 1. The van der Waals surface area contributed by atoms with Crippen molar-refractivity contribution in [1.82, 2.24) is 15.1 Å². The Kier molecular flexibility index (Phi) is 3.78. The maximum Gasteiger partial charge on any atom is 0.272 e. The van der Waals surface area contributed by atoms with Crippen molar-refractivity contribution >= 4 is 5.91 Å². The lowest BCUT2D eigenvalue weighted by molar-refractivity contribution is 0.0934. The Bertz CT molecular complexity index is 761. The molecular weight excluding hydrogens is 278 g/mol. The van der Waals surface area contributed by atoms with Crippen molar-refractivity contribution in [2.24, 2.45) is 7.05 Å². The summed E-state index contributed by atoms with van der Waals surface area (Å²) in [6.07, 6.45) is 1.60. The predicted octanol–water partition coefficient (Wildman–Crippen LogP) is 3.17. The third kappa shape index (κ3) is 2.79. The van der Waals surface area contributed by atoms with Crippen LogP contribution < -0.4 is 5.32 Å². The summed E-state index contributed by atoms with van der Waals surface area (Å²) in [4.78, 5) is 12.3. The maximum atomic E-state index is 12.3. The van der Waals surface area contributed by atoms with Gasteiger partial charge >= 0.3 is 0 Å². The van der Waals surface area contributed by atoms with Gasteiger partial charge in [0.1, 0.15) is 5.69 Å². The number of furan rings is 1. The number of nitrogens with zero attached hydrogens (tertiary/aromatic N) is 2. The third-order valence-corrected chi connectivity index (χ3v) is 3.53. The minimum absolute atomic E-state index is 0.0808. The molecule has 0 bridgehead atoms. The predicted molar refractivity (Wildman–Crippen MR) is 83.2 cm³/mol. The van der Waals surface area contributed by atoms with E-state index >= 15 is 0 Å². The number of rotatable bonds is 4. The van der Waals surface area contributed by atoms with E-state index in [2.05, 4.69) is 10.4 Å². The molecule has 3 rings (SSSR count). The first-order valence-electron chi connectivity index (χ1n) is 7.09. The molecule has 0 saturated carbocycles. The molecular formula is C17H17N3O2. The van der Waals surface area contributed by atoms with Crippen LogP contribution in [0.25, 0.3) is 11.5 Å². The van der Waals surface area contributed by atoms with E-state index in [1.54, 1.807) is 30.1 Å². The zero-order valence-corrected chi connectivity index (χ0v) is 12.5. The summed E-state index contributed by atoms with van der Waals surface area (Å²) >= 11 is 0. The largest absolute Gasteiger partial charge is 0.463 e. The van der Waals surface area contributed by atoms with Crippen molar-refractivity contribution in [3.05, 3.63) is 66.1 Å². The van der Waals surface area contributed by atoms with E-state index in [9.17, 15) is 4.79 Å². The molecule has 0 aliphatic rings. The average Bonchev–Trinajstić information content (AvgIpc) is 3.17. The van der Waals surface area contributed by atoms with Crippen LogP contribution in [0.15, 0.2) is 59.2 Å². The Morgan fingerprint density at radius 1 is 1.23 bits per heavy atom. The van der Waals surface area contributed by atoms with Crippen LogP contribution in [-0.4, -0.2) is 15.7 Å². The topological polar surface area (TPSA) is 60.1 Å². The van der Waals surface area contributed by atoms with Crippen LogP contribution >= 0.6 is 0 Å². The second-order valence-electron chi connectivity index (χ2n) is 5.12. The zero-order chi connectivity index (χ0) is 15.5. The number of hydrogen-bond donors (Lipinski definition) is 1. The summed E-state index contributed by atoms with van der Waals surface area (Å²) in [5, 5.41) is 7.21. The minimum Gasteiger partial charge on any atom is -0.463 e. The Labute approximate surface area is 128 Å². The van der Waals surface area contributed by atoms with Crippen LogP contribution in [-0.2, 0) is 7.05 Å². The van der Waals surface area contributed by atoms with Crippen molar-refractivity contribution in [2.45, 2.75) is 13.0 Å². The lowest BCUT2D eigenvalue weighted by Crippen LogP contribution is -2.27. The quantitative estimate of drug-likeness (QED) is 0.804. The molecule has 3 aromatic rings. The summed E-state index contributed by atoms with van der Waals surface area (Å²) in [7, 11) is 1.79. The van der Waals surface area contributed by atoms with Crippen molar-refractivity contribution < 1.29 is 9.21 Å². The molecule has 112 valence electrons. The van der Waals surface area contributed by atoms with Gasteiger partial charge in [0.2, 0.25) is 0 Å². The highest BCUT2D eigenvalue weighted by molar-refractivity contribution is 5.93. The van der Waals surface area contributed by atoms with E-state index in [0.29, 0.717) is 11.5 Å². The van der Waals surface area contributed by atoms with E-state index < -0.39 is 0 Å². The van der Waals surface area contributed by atoms with Crippen LogP contribution in [0.1, 0.15) is 29.0 Å². The molecule has 1 atom stereocenters. The number of carbonyl (C=O) groups excluding carboxylic acids is 1. The molecule has 2 heterocycles. The van der Waals surface area contributed by atoms with Gasteiger partial charge in [-0.05, 0) is 24.6 Å². The maximum absolute atomic E-state index is 12.3. The lowest BCUT2D eigenvalue weighted by atomic mass is 10.1. The first-order valence-corrected chi connectivity index (χ1v) is 7.09. The number of amides is 1. The zero-order valence-electron chi connectivity index (χ0n) is 12.5. The summed E-state index contributed by atoms with van der Waals surface area (Å²) in [5.41, 5.74) is 2.19. The molecule has 1 amide bonds. The average molecular weight is 295 g/mol. The van der Waals surface area contributed by atoms with Gasteiger partial charge in [0.25, 0.3) is 5.91 Å². The van der Waals surface area contributed by atoms with Crippen LogP contribution in [0.3, 0.4) is 0 Å². The first-order chi connectivity index (χ1) is 10.6. The molecule has 22 heavy (non-hydrogen) atoms. The molecule has 0 spiro atoms. The molecule has 0 fully saturated rings. The highest BCUT2D eigenvalue weighted by Crippen LogP contribution is 2.20. The molecule has 2 aromatic heterocycles. The molecule has 1 aromatic carbocycles. The fourth-order valence-electron chi connectivity index (χ4n) is 2.33. The molecule has 5 nitrogen and oxygen atoms in total. The molecule has 0 radical (unpaired) electrons. The van der Waals surface area contributed by atoms with Crippen LogP contribution in [0.5, 0.6) is 0 Å². The molecule has 0 saturated heterocycles. The molecule has 0 aliphatic carbocycles. The van der Waals surface area contributed by atoms with Crippen LogP contribution in [0.2, 0.25) is 0 Å². The summed E-state index contributed by atoms with van der Waals surface area (Å²) in [6.45, 7) is 1.95. The number of aryl methyl sites for hydroxylation is 1. The first kappa shape index (κ1) is 14.1. The van der Waals surface area contributed by atoms with Gasteiger partial charge in [-0.2, -0.15) is 5.10 Å². The summed E-state index contributed by atoms with van der Waals surface area (Å²) < 4.78 is 6.99. The van der Waals surface area contributed by atoms with Crippen molar-refractivity contribution in [3.63, 3.8) is 0 Å². The Morgan fingerprint density at radius 3 is 2.68 bits per heavy atom. The molecule has 1 N–H and O–H groups in total. The second kappa shape index (κ2) is 5.89. The molecule has 5 heteroatoms. The van der Waals surface area contributed by atoms with Crippen molar-refractivity contribution in [3.8, 4) is 11.5 Å². The van der Waals surface area contributed by atoms with Gasteiger partial charge in [-0.3, -0.25) is 9.48 Å². The van der Waals surface area contributed by atoms with Gasteiger partial charge in [0.15, 0.2) is 11.5 Å². The standard InChI is InChI=1S/C17H17N3O2/c1-12(13-7-4-3-5-8-13)18-17(21)14-11-15(20(2)19-14)16-9-6-10-22-16/h3-12H,1-2H3,(H,18,21). The number of nitrogens with one attached hydrogen (secondary N) is 1. The molecule has 1 unspecified atom stereocenters. The number of benzene rings is 1. The highest BCUT2D eigenvalue weighted by Gasteiger charge is 2.17. The van der Waals surface area contributed by atoms with E-state index in [1.807, 2.05) is 43.3 Å². The monoisotopic (exact) mass is 295 g/mol. The van der Waals surface area contributed by atoms with E-state index in [4.69, 9.17) is 4.42 Å². The van der Waals surface area contributed by atoms with Gasteiger partial charge in [-0.1, -0.05) is 30.3 Å². The van der Waals surface area contributed by atoms with Crippen LogP contribution in [0, 0.1) is 0 Å². The van der Waals surface area contributed by atoms with E-state index in [1.165, 1.54) is 0 Å². The smallest absolute Gasteiger partial charge is 0.272 e. The highest BCUT2D eigenvalue weighted by atomic mass is 16.3. The third-order valence-electron chi connectivity index (χ3n) is 3.53. The molecule has 0 aliphatic heterocycles. The van der Waals surface area contributed by atoms with Gasteiger partial charge in [0, 0.05) is 13.1 Å². The van der Waals surface area contributed by atoms with Gasteiger partial charge in [0.05, 0.1) is 12.3 Å². The minimum atomic E-state index is -0.204. The van der Waals surface area contributed by atoms with E-state index in [-0.39, 0.29) is 11.9 Å². The second-order valence-corrected chi connectivity index (χ2v) is 5.12. The summed E-state index contributed by atoms with van der Waals surface area (Å²) in [5.74, 6) is 0.481. The van der Waals surface area contributed by atoms with Crippen molar-refractivity contribution in [1.29, 1.82) is 0 Å². The van der Waals surface area contributed by atoms with Crippen molar-refractivity contribution in [2.75, 3.05) is 0 Å². The van der Waals surface area contributed by atoms with Gasteiger partial charge in [-0.15, -0.1) is 0 Å².